The van der Waals surface area contributed by atoms with Gasteiger partial charge in [0.2, 0.25) is 0 Å². The van der Waals surface area contributed by atoms with Crippen molar-refractivity contribution >= 4 is 6.47 Å². The van der Waals surface area contributed by atoms with Gasteiger partial charge >= 0.3 is 0 Å². The second-order valence-electron chi connectivity index (χ2n) is 3.64. The summed E-state index contributed by atoms with van der Waals surface area (Å²) in [5.41, 5.74) is 0.762. The van der Waals surface area contributed by atoms with Gasteiger partial charge in [-0.1, -0.05) is 30.3 Å². The fourth-order valence-electron chi connectivity index (χ4n) is 1.26. The van der Waals surface area contributed by atoms with Crippen LogP contribution in [0.1, 0.15) is 19.4 Å². The number of hydrogen-bond acceptors (Lipinski definition) is 2. The molecule has 0 saturated carbocycles. The topological polar surface area (TPSA) is 26.3 Å². The van der Waals surface area contributed by atoms with Gasteiger partial charge in [-0.2, -0.15) is 0 Å². The van der Waals surface area contributed by atoms with Gasteiger partial charge in [-0.25, -0.2) is 0 Å². The lowest BCUT2D eigenvalue weighted by Crippen LogP contribution is -2.26. The number of benzene rings is 1. The first kappa shape index (κ1) is 9.78. The van der Waals surface area contributed by atoms with E-state index >= 15 is 0 Å². The lowest BCUT2D eigenvalue weighted by molar-refractivity contribution is -0.140. The summed E-state index contributed by atoms with van der Waals surface area (Å²) in [6, 6.07) is 9.97. The molecule has 0 N–H and O–H groups in total. The number of carbonyl (C=O) groups is 1. The van der Waals surface area contributed by atoms with E-state index in [4.69, 9.17) is 4.74 Å². The average molecular weight is 178 g/mol. The third-order valence-electron chi connectivity index (χ3n) is 1.84. The summed E-state index contributed by atoms with van der Waals surface area (Å²) in [5.74, 6) is 0. The van der Waals surface area contributed by atoms with Crippen molar-refractivity contribution in [3.8, 4) is 0 Å². The minimum Gasteiger partial charge on any atom is -0.462 e. The monoisotopic (exact) mass is 178 g/mol. The van der Waals surface area contributed by atoms with Crippen molar-refractivity contribution in [3.63, 3.8) is 0 Å². The van der Waals surface area contributed by atoms with Crippen molar-refractivity contribution in [3.05, 3.63) is 35.9 Å². The zero-order chi connectivity index (χ0) is 9.73. The second-order valence-corrected chi connectivity index (χ2v) is 3.64. The summed E-state index contributed by atoms with van der Waals surface area (Å²) in [5, 5.41) is 0. The fraction of sp³-hybridized carbons (Fsp3) is 0.364. The molecule has 0 amide bonds. The van der Waals surface area contributed by atoms with Gasteiger partial charge in [-0.15, -0.1) is 0 Å². The predicted molar refractivity (Wildman–Crippen MR) is 51.4 cm³/mol. The van der Waals surface area contributed by atoms with E-state index in [0.29, 0.717) is 6.47 Å². The molecule has 2 heteroatoms. The Balaban J connectivity index is 2.63. The maximum absolute atomic E-state index is 10.2. The Hall–Kier alpha value is -1.31. The number of carbonyl (C=O) groups excluding carboxylic acids is 1. The van der Waals surface area contributed by atoms with Crippen LogP contribution < -0.4 is 0 Å². The van der Waals surface area contributed by atoms with Crippen LogP contribution in [0.25, 0.3) is 0 Å². The van der Waals surface area contributed by atoms with E-state index in [1.54, 1.807) is 0 Å². The molecule has 1 aromatic rings. The van der Waals surface area contributed by atoms with Gasteiger partial charge in [0.1, 0.15) is 5.60 Å². The average Bonchev–Trinajstić information content (AvgIpc) is 2.04. The van der Waals surface area contributed by atoms with E-state index < -0.39 is 5.60 Å². The summed E-state index contributed by atoms with van der Waals surface area (Å²) in [6.45, 7) is 4.30. The predicted octanol–water partition coefficient (Wildman–Crippen LogP) is 2.18. The van der Waals surface area contributed by atoms with Crippen LogP contribution in [0.4, 0.5) is 0 Å². The summed E-state index contributed by atoms with van der Waals surface area (Å²) in [7, 11) is 0. The van der Waals surface area contributed by atoms with Crippen LogP contribution in [0, 0.1) is 0 Å². The lowest BCUT2D eigenvalue weighted by Gasteiger charge is -2.22. The van der Waals surface area contributed by atoms with Crippen molar-refractivity contribution in [1.29, 1.82) is 0 Å². The Morgan fingerprint density at radius 1 is 1.31 bits per heavy atom. The Kier molecular flexibility index (Phi) is 3.07. The van der Waals surface area contributed by atoms with Gasteiger partial charge in [-0.3, -0.25) is 4.79 Å². The van der Waals surface area contributed by atoms with Crippen LogP contribution in [-0.4, -0.2) is 12.1 Å². The van der Waals surface area contributed by atoms with E-state index in [1.165, 1.54) is 5.56 Å². The summed E-state index contributed by atoms with van der Waals surface area (Å²) in [4.78, 5) is 10.2. The first-order chi connectivity index (χ1) is 6.14. The first-order valence-corrected chi connectivity index (χ1v) is 4.29. The van der Waals surface area contributed by atoms with E-state index in [2.05, 4.69) is 0 Å². The zero-order valence-corrected chi connectivity index (χ0v) is 7.99. The standard InChI is InChI=1S/C11H14O2/c1-11(2,13-9-12)8-10-6-4-3-5-7-10/h3-7,9H,8H2,1-2H3. The number of ether oxygens (including phenoxy) is 1. The molecule has 0 heterocycles. The van der Waals surface area contributed by atoms with Gasteiger partial charge in [0.05, 0.1) is 0 Å². The Bertz CT molecular complexity index is 265. The molecule has 1 rings (SSSR count). The lowest BCUT2D eigenvalue weighted by atomic mass is 9.99. The molecule has 0 atom stereocenters. The number of rotatable bonds is 4. The highest BCUT2D eigenvalue weighted by atomic mass is 16.5. The molecule has 70 valence electrons. The third kappa shape index (κ3) is 3.28. The highest BCUT2D eigenvalue weighted by Crippen LogP contribution is 2.15. The van der Waals surface area contributed by atoms with Crippen LogP contribution in [0.2, 0.25) is 0 Å². The van der Waals surface area contributed by atoms with Gasteiger partial charge in [0.25, 0.3) is 6.47 Å². The molecule has 0 aliphatic rings. The molecule has 0 radical (unpaired) electrons. The van der Waals surface area contributed by atoms with Gasteiger partial charge in [0, 0.05) is 6.42 Å². The van der Waals surface area contributed by atoms with Crippen LogP contribution in [0.3, 0.4) is 0 Å². The SMILES string of the molecule is CC(C)(Cc1ccccc1)OC=O. The summed E-state index contributed by atoms with van der Waals surface area (Å²) in [6.07, 6.45) is 0.743. The highest BCUT2D eigenvalue weighted by molar-refractivity contribution is 5.38. The van der Waals surface area contributed by atoms with Crippen LogP contribution in [-0.2, 0) is 16.0 Å². The van der Waals surface area contributed by atoms with E-state index in [9.17, 15) is 4.79 Å². The Morgan fingerprint density at radius 2 is 1.92 bits per heavy atom. The molecule has 0 unspecified atom stereocenters. The highest BCUT2D eigenvalue weighted by Gasteiger charge is 2.18. The van der Waals surface area contributed by atoms with Crippen molar-refractivity contribution in [2.24, 2.45) is 0 Å². The van der Waals surface area contributed by atoms with Crippen LogP contribution >= 0.6 is 0 Å². The van der Waals surface area contributed by atoms with Gasteiger partial charge in [0.15, 0.2) is 0 Å². The smallest absolute Gasteiger partial charge is 0.293 e. The molecule has 13 heavy (non-hydrogen) atoms. The molecule has 0 spiro atoms. The molecule has 0 aliphatic carbocycles. The quantitative estimate of drug-likeness (QED) is 0.660. The maximum Gasteiger partial charge on any atom is 0.293 e. The normalized spacial score (nSPS) is 10.9. The summed E-state index contributed by atoms with van der Waals surface area (Å²) >= 11 is 0. The molecule has 0 bridgehead atoms. The number of hydrogen-bond donors (Lipinski definition) is 0. The van der Waals surface area contributed by atoms with E-state index in [-0.39, 0.29) is 0 Å². The summed E-state index contributed by atoms with van der Waals surface area (Å²) < 4.78 is 4.95. The molecule has 1 aromatic carbocycles. The molecule has 0 saturated heterocycles. The van der Waals surface area contributed by atoms with Crippen LogP contribution in [0.5, 0.6) is 0 Å². The van der Waals surface area contributed by atoms with Crippen molar-refractivity contribution in [2.75, 3.05) is 0 Å². The fourth-order valence-corrected chi connectivity index (χ4v) is 1.26. The third-order valence-corrected chi connectivity index (χ3v) is 1.84. The Labute approximate surface area is 78.5 Å². The maximum atomic E-state index is 10.2. The minimum atomic E-state index is -0.414. The molecular formula is C11H14O2. The molecule has 0 aliphatic heterocycles. The second kappa shape index (κ2) is 4.08. The van der Waals surface area contributed by atoms with Gasteiger partial charge in [-0.05, 0) is 19.4 Å². The van der Waals surface area contributed by atoms with Crippen molar-refractivity contribution in [1.82, 2.24) is 0 Å². The van der Waals surface area contributed by atoms with E-state index in [1.807, 2.05) is 44.2 Å². The molecule has 0 aromatic heterocycles. The van der Waals surface area contributed by atoms with E-state index in [0.717, 1.165) is 6.42 Å². The molecule has 2 nitrogen and oxygen atoms in total. The van der Waals surface area contributed by atoms with Crippen LogP contribution in [0.15, 0.2) is 30.3 Å². The van der Waals surface area contributed by atoms with Gasteiger partial charge < -0.3 is 4.74 Å². The zero-order valence-electron chi connectivity index (χ0n) is 7.99. The van der Waals surface area contributed by atoms with Crippen molar-refractivity contribution in [2.45, 2.75) is 25.9 Å². The minimum absolute atomic E-state index is 0.414. The molecule has 0 fully saturated rings. The molecular weight excluding hydrogens is 164 g/mol. The largest absolute Gasteiger partial charge is 0.462 e. The Morgan fingerprint density at radius 3 is 2.46 bits per heavy atom. The first-order valence-electron chi connectivity index (χ1n) is 4.29. The van der Waals surface area contributed by atoms with Crippen molar-refractivity contribution < 1.29 is 9.53 Å².